The summed E-state index contributed by atoms with van der Waals surface area (Å²) in [5.74, 6) is -0.195. The van der Waals surface area contributed by atoms with Crippen LogP contribution in [0.5, 0.6) is 0 Å². The first kappa shape index (κ1) is 19.0. The van der Waals surface area contributed by atoms with Crippen LogP contribution in [0.3, 0.4) is 0 Å². The summed E-state index contributed by atoms with van der Waals surface area (Å²) in [6.07, 6.45) is 0. The molecular formula is C19H16BrCl2N3O. The van der Waals surface area contributed by atoms with E-state index < -0.39 is 0 Å². The van der Waals surface area contributed by atoms with Gasteiger partial charge in [0, 0.05) is 20.1 Å². The Bertz CT molecular complexity index is 965. The molecule has 0 fully saturated rings. The topological polar surface area (TPSA) is 46.9 Å². The van der Waals surface area contributed by atoms with Crippen molar-refractivity contribution in [3.63, 3.8) is 0 Å². The third-order valence-corrected chi connectivity index (χ3v) is 5.51. The van der Waals surface area contributed by atoms with Crippen LogP contribution >= 0.6 is 39.1 Å². The Morgan fingerprint density at radius 3 is 2.42 bits per heavy atom. The lowest BCUT2D eigenvalue weighted by molar-refractivity contribution is 0.102. The molecule has 3 aromatic rings. The molecule has 7 heteroatoms. The largest absolute Gasteiger partial charge is 0.319 e. The van der Waals surface area contributed by atoms with Gasteiger partial charge >= 0.3 is 0 Å². The molecule has 0 radical (unpaired) electrons. The zero-order valence-corrected chi connectivity index (χ0v) is 17.3. The van der Waals surface area contributed by atoms with Gasteiger partial charge in [-0.1, -0.05) is 41.4 Å². The van der Waals surface area contributed by atoms with Gasteiger partial charge in [-0.15, -0.1) is 0 Å². The number of hydrogen-bond acceptors (Lipinski definition) is 2. The summed E-state index contributed by atoms with van der Waals surface area (Å²) in [5, 5.41) is 8.66. The molecule has 0 saturated carbocycles. The molecular weight excluding hydrogens is 437 g/mol. The Labute approximate surface area is 170 Å². The zero-order chi connectivity index (χ0) is 18.8. The minimum absolute atomic E-state index is 0.195. The van der Waals surface area contributed by atoms with Crippen LogP contribution in [-0.2, 0) is 6.54 Å². The third-order valence-electron chi connectivity index (χ3n) is 4.11. The molecule has 1 aromatic heterocycles. The van der Waals surface area contributed by atoms with Crippen molar-refractivity contribution in [2.24, 2.45) is 0 Å². The molecule has 3 rings (SSSR count). The van der Waals surface area contributed by atoms with Crippen LogP contribution in [0.15, 0.2) is 46.9 Å². The zero-order valence-electron chi connectivity index (χ0n) is 14.2. The summed E-state index contributed by atoms with van der Waals surface area (Å²) in [7, 11) is 0. The molecule has 1 heterocycles. The minimum Gasteiger partial charge on any atom is -0.319 e. The number of rotatable bonds is 4. The van der Waals surface area contributed by atoms with Crippen LogP contribution in [0, 0.1) is 13.8 Å². The molecule has 0 aliphatic carbocycles. The number of amides is 1. The van der Waals surface area contributed by atoms with E-state index in [1.54, 1.807) is 28.9 Å². The van der Waals surface area contributed by atoms with Gasteiger partial charge in [0.25, 0.3) is 5.91 Å². The second kappa shape index (κ2) is 7.82. The van der Waals surface area contributed by atoms with Crippen molar-refractivity contribution in [2.75, 3.05) is 5.32 Å². The lowest BCUT2D eigenvalue weighted by Crippen LogP contribution is -2.14. The van der Waals surface area contributed by atoms with Crippen LogP contribution < -0.4 is 5.32 Å². The van der Waals surface area contributed by atoms with Gasteiger partial charge in [-0.25, -0.2) is 0 Å². The van der Waals surface area contributed by atoms with Crippen molar-refractivity contribution in [1.82, 2.24) is 9.78 Å². The smallest absolute Gasteiger partial charge is 0.256 e. The molecule has 0 saturated heterocycles. The predicted molar refractivity (Wildman–Crippen MR) is 109 cm³/mol. The fourth-order valence-electron chi connectivity index (χ4n) is 2.69. The number of carbonyl (C=O) groups excluding carboxylic acids is 1. The van der Waals surface area contributed by atoms with Gasteiger partial charge in [-0.3, -0.25) is 9.48 Å². The van der Waals surface area contributed by atoms with Crippen LogP contribution in [0.2, 0.25) is 10.0 Å². The highest BCUT2D eigenvalue weighted by molar-refractivity contribution is 9.10. The summed E-state index contributed by atoms with van der Waals surface area (Å²) in [5.41, 5.74) is 3.61. The van der Waals surface area contributed by atoms with E-state index in [0.29, 0.717) is 27.8 Å². The lowest BCUT2D eigenvalue weighted by atomic mass is 10.2. The highest BCUT2D eigenvalue weighted by atomic mass is 79.9. The van der Waals surface area contributed by atoms with Gasteiger partial charge in [0.1, 0.15) is 0 Å². The molecule has 1 amide bonds. The lowest BCUT2D eigenvalue weighted by Gasteiger charge is -2.10. The molecule has 0 aliphatic heterocycles. The van der Waals surface area contributed by atoms with Gasteiger partial charge in [-0.05, 0) is 54.0 Å². The maximum Gasteiger partial charge on any atom is 0.256 e. The van der Waals surface area contributed by atoms with Gasteiger partial charge in [-0.2, -0.15) is 5.10 Å². The third kappa shape index (κ3) is 3.80. The molecule has 0 bridgehead atoms. The average molecular weight is 453 g/mol. The first-order valence-corrected chi connectivity index (χ1v) is 9.46. The summed E-state index contributed by atoms with van der Waals surface area (Å²) in [4.78, 5) is 12.6. The monoisotopic (exact) mass is 451 g/mol. The summed E-state index contributed by atoms with van der Waals surface area (Å²) < 4.78 is 2.53. The van der Waals surface area contributed by atoms with Crippen LogP contribution in [0.4, 0.5) is 5.69 Å². The highest BCUT2D eigenvalue weighted by Crippen LogP contribution is 2.28. The SMILES string of the molecule is Cc1nn(Cc2c(Cl)cccc2Cl)c(C)c1NC(=O)c1ccccc1Br. The van der Waals surface area contributed by atoms with Crippen molar-refractivity contribution in [3.8, 4) is 0 Å². The van der Waals surface area contributed by atoms with Crippen LogP contribution in [0.1, 0.15) is 27.3 Å². The van der Waals surface area contributed by atoms with E-state index in [1.165, 1.54) is 0 Å². The molecule has 2 aromatic carbocycles. The average Bonchev–Trinajstić information content (AvgIpc) is 2.86. The van der Waals surface area contributed by atoms with E-state index in [0.717, 1.165) is 21.4 Å². The normalized spacial score (nSPS) is 10.8. The first-order valence-electron chi connectivity index (χ1n) is 7.91. The van der Waals surface area contributed by atoms with Gasteiger partial charge in [0.05, 0.1) is 29.2 Å². The number of hydrogen-bond donors (Lipinski definition) is 1. The molecule has 0 aliphatic rings. The first-order chi connectivity index (χ1) is 12.4. The second-order valence-electron chi connectivity index (χ2n) is 5.84. The molecule has 0 spiro atoms. The number of anilines is 1. The Kier molecular flexibility index (Phi) is 5.70. The standard InChI is InChI=1S/C19H16BrCl2N3O/c1-11-18(23-19(26)13-6-3-4-7-15(13)20)12(2)25(24-11)10-14-16(21)8-5-9-17(14)22/h3-9H,10H2,1-2H3,(H,23,26). The number of benzene rings is 2. The highest BCUT2D eigenvalue weighted by Gasteiger charge is 2.18. The summed E-state index contributed by atoms with van der Waals surface area (Å²) in [6, 6.07) is 12.7. The molecule has 0 atom stereocenters. The van der Waals surface area contributed by atoms with E-state index in [1.807, 2.05) is 32.0 Å². The Balaban J connectivity index is 1.89. The number of aryl methyl sites for hydroxylation is 1. The van der Waals surface area contributed by atoms with Crippen molar-refractivity contribution in [2.45, 2.75) is 20.4 Å². The second-order valence-corrected chi connectivity index (χ2v) is 7.51. The van der Waals surface area contributed by atoms with Crippen molar-refractivity contribution in [1.29, 1.82) is 0 Å². The Morgan fingerprint density at radius 2 is 1.77 bits per heavy atom. The minimum atomic E-state index is -0.195. The fraction of sp³-hybridized carbons (Fsp3) is 0.158. The predicted octanol–water partition coefficient (Wildman–Crippen LogP) is 5.87. The number of nitrogens with zero attached hydrogens (tertiary/aromatic N) is 2. The van der Waals surface area contributed by atoms with E-state index in [4.69, 9.17) is 23.2 Å². The number of aromatic nitrogens is 2. The number of carbonyl (C=O) groups is 1. The Hall–Kier alpha value is -1.82. The molecule has 134 valence electrons. The molecule has 4 nitrogen and oxygen atoms in total. The van der Waals surface area contributed by atoms with Crippen molar-refractivity contribution < 1.29 is 4.79 Å². The quantitative estimate of drug-likeness (QED) is 0.538. The maximum absolute atomic E-state index is 12.6. The van der Waals surface area contributed by atoms with E-state index in [9.17, 15) is 4.79 Å². The maximum atomic E-state index is 12.6. The Morgan fingerprint density at radius 1 is 1.12 bits per heavy atom. The van der Waals surface area contributed by atoms with Gasteiger partial charge in [0.2, 0.25) is 0 Å². The van der Waals surface area contributed by atoms with Crippen molar-refractivity contribution in [3.05, 3.63) is 79.5 Å². The van der Waals surface area contributed by atoms with E-state index >= 15 is 0 Å². The van der Waals surface area contributed by atoms with E-state index in [-0.39, 0.29) is 5.91 Å². The summed E-state index contributed by atoms with van der Waals surface area (Å²) >= 11 is 15.9. The number of nitrogens with one attached hydrogen (secondary N) is 1. The molecule has 1 N–H and O–H groups in total. The van der Waals surface area contributed by atoms with Crippen LogP contribution in [0.25, 0.3) is 0 Å². The van der Waals surface area contributed by atoms with Gasteiger partial charge in [0.15, 0.2) is 0 Å². The summed E-state index contributed by atoms with van der Waals surface area (Å²) in [6.45, 7) is 4.18. The van der Waals surface area contributed by atoms with Crippen molar-refractivity contribution >= 4 is 50.7 Å². The molecule has 0 unspecified atom stereocenters. The fourth-order valence-corrected chi connectivity index (χ4v) is 3.67. The van der Waals surface area contributed by atoms with Gasteiger partial charge < -0.3 is 5.32 Å². The van der Waals surface area contributed by atoms with Crippen LogP contribution in [-0.4, -0.2) is 15.7 Å². The number of halogens is 3. The van der Waals surface area contributed by atoms with E-state index in [2.05, 4.69) is 26.3 Å². The molecule has 26 heavy (non-hydrogen) atoms.